The highest BCUT2D eigenvalue weighted by molar-refractivity contribution is 5.79. The van der Waals surface area contributed by atoms with Gasteiger partial charge in [-0.15, -0.1) is 0 Å². The third-order valence-corrected chi connectivity index (χ3v) is 8.02. The molecule has 0 saturated carbocycles. The topological polar surface area (TPSA) is 63.6 Å². The van der Waals surface area contributed by atoms with E-state index in [9.17, 15) is 9.59 Å². The van der Waals surface area contributed by atoms with Crippen molar-refractivity contribution in [2.45, 2.75) is 194 Å². The SMILES string of the molecule is CCCCCCCCCCCCCCCCC/C=C/CCCCCCCCCCC(CC(=O)O)C(=O)OCCC. The van der Waals surface area contributed by atoms with Gasteiger partial charge in [0, 0.05) is 0 Å². The summed E-state index contributed by atoms with van der Waals surface area (Å²) in [5, 5.41) is 9.05. The van der Waals surface area contributed by atoms with Gasteiger partial charge in [0.15, 0.2) is 0 Å². The molecule has 0 radical (unpaired) electrons. The van der Waals surface area contributed by atoms with Crippen molar-refractivity contribution in [2.75, 3.05) is 6.61 Å². The number of rotatable bonds is 32. The van der Waals surface area contributed by atoms with E-state index in [1.165, 1.54) is 148 Å². The summed E-state index contributed by atoms with van der Waals surface area (Å²) in [6.07, 6.45) is 39.5. The third-order valence-electron chi connectivity index (χ3n) is 8.02. The zero-order chi connectivity index (χ0) is 29.4. The maximum atomic E-state index is 12.0. The molecule has 0 aliphatic carbocycles. The van der Waals surface area contributed by atoms with Crippen molar-refractivity contribution in [2.24, 2.45) is 5.92 Å². The van der Waals surface area contributed by atoms with Crippen LogP contribution in [-0.4, -0.2) is 23.7 Å². The van der Waals surface area contributed by atoms with E-state index in [0.717, 1.165) is 19.3 Å². The van der Waals surface area contributed by atoms with Crippen LogP contribution in [0.2, 0.25) is 0 Å². The number of carbonyl (C=O) groups excluding carboxylic acids is 1. The molecule has 0 amide bonds. The second-order valence-electron chi connectivity index (χ2n) is 12.1. The smallest absolute Gasteiger partial charge is 0.309 e. The predicted octanol–water partition coefficient (Wildman–Crippen LogP) is 11.7. The van der Waals surface area contributed by atoms with E-state index >= 15 is 0 Å². The Morgan fingerprint density at radius 2 is 0.925 bits per heavy atom. The van der Waals surface area contributed by atoms with E-state index in [1.807, 2.05) is 6.92 Å². The van der Waals surface area contributed by atoms with E-state index in [-0.39, 0.29) is 12.4 Å². The van der Waals surface area contributed by atoms with Gasteiger partial charge in [-0.3, -0.25) is 9.59 Å². The van der Waals surface area contributed by atoms with E-state index < -0.39 is 11.9 Å². The zero-order valence-corrected chi connectivity index (χ0v) is 26.9. The van der Waals surface area contributed by atoms with Gasteiger partial charge in [0.25, 0.3) is 0 Å². The van der Waals surface area contributed by atoms with Crippen molar-refractivity contribution in [3.63, 3.8) is 0 Å². The molecule has 0 aliphatic heterocycles. The van der Waals surface area contributed by atoms with Crippen molar-refractivity contribution in [3.8, 4) is 0 Å². The maximum absolute atomic E-state index is 12.0. The fourth-order valence-corrected chi connectivity index (χ4v) is 5.42. The molecule has 0 saturated heterocycles. The van der Waals surface area contributed by atoms with Crippen molar-refractivity contribution in [3.05, 3.63) is 12.2 Å². The van der Waals surface area contributed by atoms with Gasteiger partial charge in [0.1, 0.15) is 0 Å². The molecule has 0 bridgehead atoms. The summed E-state index contributed by atoms with van der Waals surface area (Å²) in [5.41, 5.74) is 0. The molecule has 0 aliphatic rings. The molecule has 1 atom stereocenters. The van der Waals surface area contributed by atoms with Crippen LogP contribution in [0.4, 0.5) is 0 Å². The van der Waals surface area contributed by atoms with E-state index in [4.69, 9.17) is 9.84 Å². The normalized spacial score (nSPS) is 12.2. The summed E-state index contributed by atoms with van der Waals surface area (Å²) in [6.45, 7) is 4.61. The Labute approximate surface area is 249 Å². The molecule has 0 rings (SSSR count). The van der Waals surface area contributed by atoms with Gasteiger partial charge in [-0.05, 0) is 38.5 Å². The van der Waals surface area contributed by atoms with Crippen LogP contribution in [-0.2, 0) is 14.3 Å². The number of hydrogen-bond donors (Lipinski definition) is 1. The molecule has 40 heavy (non-hydrogen) atoms. The standard InChI is InChI=1S/C36H68O4/c1-3-5-6-7-8-9-10-11-12-13-14-15-16-17-18-19-20-21-22-23-24-25-26-27-28-29-30-31-34(33-35(37)38)36(39)40-32-4-2/h20-21,34H,3-19,22-33H2,1-2H3,(H,37,38)/b21-20+. The number of carbonyl (C=O) groups is 2. The zero-order valence-electron chi connectivity index (χ0n) is 26.9. The van der Waals surface area contributed by atoms with Crippen LogP contribution in [0.1, 0.15) is 194 Å². The molecule has 1 unspecified atom stereocenters. The largest absolute Gasteiger partial charge is 0.481 e. The summed E-state index contributed by atoms with van der Waals surface area (Å²) >= 11 is 0. The van der Waals surface area contributed by atoms with Gasteiger partial charge in [-0.1, -0.05) is 161 Å². The van der Waals surface area contributed by atoms with Crippen molar-refractivity contribution >= 4 is 11.9 Å². The van der Waals surface area contributed by atoms with Crippen molar-refractivity contribution in [1.29, 1.82) is 0 Å². The van der Waals surface area contributed by atoms with Gasteiger partial charge < -0.3 is 9.84 Å². The highest BCUT2D eigenvalue weighted by atomic mass is 16.5. The number of carboxylic acid groups (broad SMARTS) is 1. The monoisotopic (exact) mass is 565 g/mol. The van der Waals surface area contributed by atoms with Crippen LogP contribution in [0.25, 0.3) is 0 Å². The molecular formula is C36H68O4. The molecule has 1 N–H and O–H groups in total. The summed E-state index contributed by atoms with van der Waals surface area (Å²) in [7, 11) is 0. The van der Waals surface area contributed by atoms with Crippen molar-refractivity contribution in [1.82, 2.24) is 0 Å². The minimum atomic E-state index is -0.918. The summed E-state index contributed by atoms with van der Waals surface area (Å²) in [5.74, 6) is -1.75. The molecule has 0 spiro atoms. The Morgan fingerprint density at radius 1 is 0.550 bits per heavy atom. The Bertz CT molecular complexity index is 571. The molecule has 0 aromatic carbocycles. The summed E-state index contributed by atoms with van der Waals surface area (Å²) < 4.78 is 5.16. The van der Waals surface area contributed by atoms with Crippen LogP contribution in [0.5, 0.6) is 0 Å². The highest BCUT2D eigenvalue weighted by Gasteiger charge is 2.22. The van der Waals surface area contributed by atoms with Gasteiger partial charge in [-0.25, -0.2) is 0 Å². The molecule has 236 valence electrons. The number of ether oxygens (including phenoxy) is 1. The second-order valence-corrected chi connectivity index (χ2v) is 12.1. The van der Waals surface area contributed by atoms with Gasteiger partial charge in [0.05, 0.1) is 18.9 Å². The number of hydrogen-bond acceptors (Lipinski definition) is 3. The average Bonchev–Trinajstić information content (AvgIpc) is 2.94. The lowest BCUT2D eigenvalue weighted by Gasteiger charge is -2.13. The van der Waals surface area contributed by atoms with Crippen LogP contribution in [0, 0.1) is 5.92 Å². The van der Waals surface area contributed by atoms with E-state index in [1.54, 1.807) is 0 Å². The van der Waals surface area contributed by atoms with Crippen LogP contribution in [0.15, 0.2) is 12.2 Å². The lowest BCUT2D eigenvalue weighted by molar-refractivity contribution is -0.153. The molecule has 0 aromatic heterocycles. The first-order valence-corrected chi connectivity index (χ1v) is 17.6. The van der Waals surface area contributed by atoms with Gasteiger partial charge >= 0.3 is 11.9 Å². The number of aliphatic carboxylic acids is 1. The van der Waals surface area contributed by atoms with E-state index in [0.29, 0.717) is 13.0 Å². The first-order valence-electron chi connectivity index (χ1n) is 17.6. The third kappa shape index (κ3) is 29.7. The molecule has 0 aromatic rings. The van der Waals surface area contributed by atoms with E-state index in [2.05, 4.69) is 19.1 Å². The lowest BCUT2D eigenvalue weighted by atomic mass is 9.97. The molecular weight excluding hydrogens is 496 g/mol. The second kappa shape index (κ2) is 32.2. The summed E-state index contributed by atoms with van der Waals surface area (Å²) in [4.78, 5) is 23.1. The molecule has 4 heteroatoms. The highest BCUT2D eigenvalue weighted by Crippen LogP contribution is 2.18. The number of unbranched alkanes of at least 4 members (excludes halogenated alkanes) is 23. The number of allylic oxidation sites excluding steroid dienone is 2. The van der Waals surface area contributed by atoms with Crippen LogP contribution < -0.4 is 0 Å². The maximum Gasteiger partial charge on any atom is 0.309 e. The minimum Gasteiger partial charge on any atom is -0.481 e. The van der Waals surface area contributed by atoms with Gasteiger partial charge in [0.2, 0.25) is 0 Å². The Balaban J connectivity index is 3.36. The van der Waals surface area contributed by atoms with Crippen molar-refractivity contribution < 1.29 is 19.4 Å². The Morgan fingerprint density at radius 3 is 1.30 bits per heavy atom. The fraction of sp³-hybridized carbons (Fsp3) is 0.889. The Hall–Kier alpha value is -1.32. The summed E-state index contributed by atoms with van der Waals surface area (Å²) in [6, 6.07) is 0. The van der Waals surface area contributed by atoms with Gasteiger partial charge in [-0.2, -0.15) is 0 Å². The quantitative estimate of drug-likeness (QED) is 0.0501. The van der Waals surface area contributed by atoms with Crippen LogP contribution >= 0.6 is 0 Å². The first kappa shape index (κ1) is 38.7. The molecule has 0 fully saturated rings. The minimum absolute atomic E-state index is 0.115. The fourth-order valence-electron chi connectivity index (χ4n) is 5.42. The first-order chi connectivity index (χ1) is 19.6. The predicted molar refractivity (Wildman–Crippen MR) is 172 cm³/mol. The molecule has 4 nitrogen and oxygen atoms in total. The number of esters is 1. The number of carboxylic acids is 1. The molecule has 0 heterocycles. The lowest BCUT2D eigenvalue weighted by Crippen LogP contribution is -2.21. The van der Waals surface area contributed by atoms with Crippen LogP contribution in [0.3, 0.4) is 0 Å². The Kier molecular flexibility index (Phi) is 31.1. The average molecular weight is 565 g/mol.